The molecule has 0 aromatic heterocycles. The zero-order valence-electron chi connectivity index (χ0n) is 6.92. The Morgan fingerprint density at radius 1 is 1.64 bits per heavy atom. The molecule has 72 valence electrons. The Balaban J connectivity index is 3.42. The van der Waals surface area contributed by atoms with Crippen LogP contribution in [-0.2, 0) is 0 Å². The molecule has 0 saturated carbocycles. The van der Waals surface area contributed by atoms with Gasteiger partial charge in [-0.15, -0.1) is 0 Å². The number of hydrogen-bond donors (Lipinski definition) is 1. The van der Waals surface area contributed by atoms with E-state index in [1.807, 2.05) is 0 Å². The highest BCUT2D eigenvalue weighted by atomic mass is 79.9. The Hall–Kier alpha value is -1.41. The summed E-state index contributed by atoms with van der Waals surface area (Å²) in [4.78, 5) is 11.2. The van der Waals surface area contributed by atoms with Crippen molar-refractivity contribution in [1.82, 2.24) is 0 Å². The van der Waals surface area contributed by atoms with Crippen molar-refractivity contribution in [3.8, 4) is 11.8 Å². The van der Waals surface area contributed by atoms with E-state index in [0.717, 1.165) is 12.1 Å². The van der Waals surface area contributed by atoms with E-state index in [2.05, 4.69) is 15.9 Å². The fourth-order valence-corrected chi connectivity index (χ4v) is 1.26. The van der Waals surface area contributed by atoms with E-state index in [0.29, 0.717) is 0 Å². The van der Waals surface area contributed by atoms with Crippen LogP contribution >= 0.6 is 15.9 Å². The van der Waals surface area contributed by atoms with Crippen molar-refractivity contribution in [3.63, 3.8) is 0 Å². The molecule has 3 nitrogen and oxygen atoms in total. The number of alkyl halides is 1. The monoisotopic (exact) mass is 257 g/mol. The molecule has 0 amide bonds. The molecule has 1 aromatic rings. The lowest BCUT2D eigenvalue weighted by Crippen LogP contribution is -2.05. The number of nitriles is 1. The van der Waals surface area contributed by atoms with Crippen LogP contribution in [0.25, 0.3) is 0 Å². The van der Waals surface area contributed by atoms with Crippen LogP contribution in [0.15, 0.2) is 12.1 Å². The van der Waals surface area contributed by atoms with Crippen LogP contribution in [-0.4, -0.2) is 16.2 Å². The molecule has 0 aliphatic heterocycles. The van der Waals surface area contributed by atoms with Crippen molar-refractivity contribution in [2.75, 3.05) is 5.33 Å². The number of phenolic OH excluding ortho intramolecular Hbond substituents is 1. The highest BCUT2D eigenvalue weighted by Crippen LogP contribution is 2.23. The van der Waals surface area contributed by atoms with E-state index in [1.54, 1.807) is 6.07 Å². The molecule has 5 heteroatoms. The van der Waals surface area contributed by atoms with E-state index >= 15 is 0 Å². The Labute approximate surface area is 87.9 Å². The first kappa shape index (κ1) is 10.7. The van der Waals surface area contributed by atoms with Gasteiger partial charge in [0.25, 0.3) is 0 Å². The van der Waals surface area contributed by atoms with E-state index in [9.17, 15) is 14.3 Å². The lowest BCUT2D eigenvalue weighted by molar-refractivity contribution is 0.101. The van der Waals surface area contributed by atoms with Crippen LogP contribution in [0.1, 0.15) is 15.9 Å². The molecule has 0 heterocycles. The minimum atomic E-state index is -0.975. The van der Waals surface area contributed by atoms with Gasteiger partial charge in [0.1, 0.15) is 11.8 Å². The number of rotatable bonds is 2. The lowest BCUT2D eigenvalue weighted by Gasteiger charge is -2.03. The second kappa shape index (κ2) is 4.20. The number of Topliss-reactive ketones (excluding diaryl/α,β-unsaturated/α-hetero) is 1. The largest absolute Gasteiger partial charge is 0.507 e. The second-order valence-corrected chi connectivity index (χ2v) is 3.05. The SMILES string of the molecule is N#Cc1ccc(O)c(C(=O)CBr)c1F. The van der Waals surface area contributed by atoms with Gasteiger partial charge in [0.05, 0.1) is 16.5 Å². The van der Waals surface area contributed by atoms with Crippen LogP contribution < -0.4 is 0 Å². The molecule has 0 atom stereocenters. The highest BCUT2D eigenvalue weighted by molar-refractivity contribution is 9.09. The number of carbonyl (C=O) groups excluding carboxylic acids is 1. The van der Waals surface area contributed by atoms with Gasteiger partial charge >= 0.3 is 0 Å². The summed E-state index contributed by atoms with van der Waals surface area (Å²) in [5.74, 6) is -2.03. The third-order valence-corrected chi connectivity index (χ3v) is 2.15. The summed E-state index contributed by atoms with van der Waals surface area (Å²) >= 11 is 2.86. The van der Waals surface area contributed by atoms with Crippen LogP contribution in [0.3, 0.4) is 0 Å². The van der Waals surface area contributed by atoms with Crippen LogP contribution in [0.4, 0.5) is 4.39 Å². The maximum absolute atomic E-state index is 13.3. The third kappa shape index (κ3) is 1.75. The van der Waals surface area contributed by atoms with Crippen LogP contribution in [0.5, 0.6) is 5.75 Å². The van der Waals surface area contributed by atoms with Gasteiger partial charge < -0.3 is 5.11 Å². The summed E-state index contributed by atoms with van der Waals surface area (Å²) in [5.41, 5.74) is -0.701. The van der Waals surface area contributed by atoms with Gasteiger partial charge in [-0.2, -0.15) is 5.26 Å². The maximum Gasteiger partial charge on any atom is 0.180 e. The zero-order chi connectivity index (χ0) is 10.7. The molecule has 0 fully saturated rings. The highest BCUT2D eigenvalue weighted by Gasteiger charge is 2.18. The van der Waals surface area contributed by atoms with Crippen LogP contribution in [0.2, 0.25) is 0 Å². The molecule has 0 radical (unpaired) electrons. The molecule has 0 spiro atoms. The minimum Gasteiger partial charge on any atom is -0.507 e. The van der Waals surface area contributed by atoms with Gasteiger partial charge in [0, 0.05) is 0 Å². The summed E-state index contributed by atoms with van der Waals surface area (Å²) in [7, 11) is 0. The number of benzene rings is 1. The van der Waals surface area contributed by atoms with Crippen molar-refractivity contribution in [2.24, 2.45) is 0 Å². The molecule has 14 heavy (non-hydrogen) atoms. The van der Waals surface area contributed by atoms with Gasteiger partial charge in [-0.25, -0.2) is 4.39 Å². The summed E-state index contributed by atoms with van der Waals surface area (Å²) < 4.78 is 13.3. The van der Waals surface area contributed by atoms with E-state index < -0.39 is 22.9 Å². The van der Waals surface area contributed by atoms with Crippen molar-refractivity contribution >= 4 is 21.7 Å². The van der Waals surface area contributed by atoms with Crippen molar-refractivity contribution in [3.05, 3.63) is 29.1 Å². The van der Waals surface area contributed by atoms with Crippen LogP contribution in [0, 0.1) is 17.1 Å². The first-order valence-corrected chi connectivity index (χ1v) is 4.74. The summed E-state index contributed by atoms with van der Waals surface area (Å²) in [6, 6.07) is 3.83. The van der Waals surface area contributed by atoms with Crippen molar-refractivity contribution in [1.29, 1.82) is 5.26 Å². The second-order valence-electron chi connectivity index (χ2n) is 2.49. The van der Waals surface area contributed by atoms with Gasteiger partial charge in [-0.3, -0.25) is 4.79 Å². The molecule has 1 N–H and O–H groups in total. The van der Waals surface area contributed by atoms with Gasteiger partial charge in [-0.05, 0) is 12.1 Å². The minimum absolute atomic E-state index is 0.105. The molecule has 0 aliphatic carbocycles. The Bertz CT molecular complexity index is 426. The lowest BCUT2D eigenvalue weighted by atomic mass is 10.1. The predicted octanol–water partition coefficient (Wildman–Crippen LogP) is 1.98. The smallest absolute Gasteiger partial charge is 0.180 e. The number of aromatic hydroxyl groups is 1. The summed E-state index contributed by atoms with van der Waals surface area (Å²) in [6.45, 7) is 0. The van der Waals surface area contributed by atoms with E-state index in [1.165, 1.54) is 0 Å². The zero-order valence-corrected chi connectivity index (χ0v) is 8.51. The van der Waals surface area contributed by atoms with Crippen molar-refractivity contribution < 1.29 is 14.3 Å². The fourth-order valence-electron chi connectivity index (χ4n) is 0.984. The topological polar surface area (TPSA) is 61.1 Å². The number of halogens is 2. The molecule has 0 saturated heterocycles. The fraction of sp³-hybridized carbons (Fsp3) is 0.111. The number of hydrogen-bond acceptors (Lipinski definition) is 3. The predicted molar refractivity (Wildman–Crippen MR) is 50.9 cm³/mol. The van der Waals surface area contributed by atoms with Gasteiger partial charge in [-0.1, -0.05) is 15.9 Å². The Morgan fingerprint density at radius 3 is 2.79 bits per heavy atom. The van der Waals surface area contributed by atoms with Crippen molar-refractivity contribution in [2.45, 2.75) is 0 Å². The van der Waals surface area contributed by atoms with E-state index in [-0.39, 0.29) is 10.9 Å². The normalized spacial score (nSPS) is 9.50. The first-order chi connectivity index (χ1) is 6.61. The molecular weight excluding hydrogens is 253 g/mol. The Kier molecular flexibility index (Phi) is 3.20. The number of ketones is 1. The molecule has 0 aliphatic rings. The molecule has 1 rings (SSSR count). The quantitative estimate of drug-likeness (QED) is 0.651. The van der Waals surface area contributed by atoms with Gasteiger partial charge in [0.15, 0.2) is 11.6 Å². The number of phenols is 1. The standard InChI is InChI=1S/C9H5BrFNO2/c10-3-7(14)8-6(13)2-1-5(4-12)9(8)11/h1-2,13H,3H2. The summed E-state index contributed by atoms with van der Waals surface area (Å²) in [6.07, 6.45) is 0. The first-order valence-electron chi connectivity index (χ1n) is 3.62. The molecule has 1 aromatic carbocycles. The molecule has 0 bridgehead atoms. The molecular formula is C9H5BrFNO2. The third-order valence-electron chi connectivity index (χ3n) is 1.64. The Morgan fingerprint density at radius 2 is 2.29 bits per heavy atom. The average Bonchev–Trinajstić information content (AvgIpc) is 2.18. The van der Waals surface area contributed by atoms with Gasteiger partial charge in [0.2, 0.25) is 0 Å². The molecule has 0 unspecified atom stereocenters. The average molecular weight is 258 g/mol. The number of carbonyl (C=O) groups is 1. The maximum atomic E-state index is 13.3. The number of nitrogens with zero attached hydrogens (tertiary/aromatic N) is 1. The summed E-state index contributed by atoms with van der Waals surface area (Å²) in [5, 5.41) is 17.6. The van der Waals surface area contributed by atoms with E-state index in [4.69, 9.17) is 5.26 Å².